The van der Waals surface area contributed by atoms with Crippen molar-refractivity contribution in [1.82, 2.24) is 4.90 Å². The highest BCUT2D eigenvalue weighted by Gasteiger charge is 2.31. The number of sulfone groups is 1. The molecule has 0 aliphatic carbocycles. The number of carbonyl (C=O) groups excluding carboxylic acids is 1. The molecule has 0 aromatic heterocycles. The molecule has 2 aliphatic rings. The molecule has 4 rings (SSSR count). The Labute approximate surface area is 215 Å². The highest BCUT2D eigenvalue weighted by atomic mass is 35.5. The fourth-order valence-corrected chi connectivity index (χ4v) is 6.23. The third kappa shape index (κ3) is 5.59. The molecular formula is C24H30ClN5O5S. The SMILES string of the molecule is CCN(CCN1CCOCC1)c1cc(Cl)c2c(c1)CS(=O)(=O)c1cc(C(=O)N=C(N)N)cc(C)c1O2. The minimum Gasteiger partial charge on any atom is -0.454 e. The highest BCUT2D eigenvalue weighted by molar-refractivity contribution is 7.90. The van der Waals surface area contributed by atoms with Gasteiger partial charge in [0.05, 0.1) is 24.0 Å². The van der Waals surface area contributed by atoms with E-state index in [1.54, 1.807) is 13.0 Å². The Morgan fingerprint density at radius 1 is 1.17 bits per heavy atom. The van der Waals surface area contributed by atoms with Crippen LogP contribution >= 0.6 is 11.6 Å². The molecule has 36 heavy (non-hydrogen) atoms. The van der Waals surface area contributed by atoms with Gasteiger partial charge >= 0.3 is 0 Å². The van der Waals surface area contributed by atoms with E-state index in [1.807, 2.05) is 13.0 Å². The van der Waals surface area contributed by atoms with Crippen LogP contribution in [-0.2, 0) is 20.3 Å². The van der Waals surface area contributed by atoms with Crippen LogP contribution in [0.15, 0.2) is 34.2 Å². The number of hydrogen-bond acceptors (Lipinski definition) is 7. The van der Waals surface area contributed by atoms with Crippen molar-refractivity contribution in [3.63, 3.8) is 0 Å². The molecule has 2 heterocycles. The number of fused-ring (bicyclic) bond motifs is 2. The van der Waals surface area contributed by atoms with Gasteiger partial charge in [0.15, 0.2) is 15.8 Å². The molecule has 0 atom stereocenters. The van der Waals surface area contributed by atoms with Crippen LogP contribution in [-0.4, -0.2) is 71.1 Å². The molecule has 10 nitrogen and oxygen atoms in total. The number of rotatable bonds is 6. The number of nitrogens with zero attached hydrogens (tertiary/aromatic N) is 3. The number of hydrogen-bond donors (Lipinski definition) is 2. The van der Waals surface area contributed by atoms with Crippen molar-refractivity contribution in [2.75, 3.05) is 50.8 Å². The third-order valence-corrected chi connectivity index (χ3v) is 8.19. The predicted octanol–water partition coefficient (Wildman–Crippen LogP) is 2.30. The van der Waals surface area contributed by atoms with E-state index in [0.29, 0.717) is 21.9 Å². The minimum atomic E-state index is -3.88. The molecule has 0 saturated carbocycles. The summed E-state index contributed by atoms with van der Waals surface area (Å²) in [6.45, 7) is 9.27. The van der Waals surface area contributed by atoms with Crippen LogP contribution in [0.3, 0.4) is 0 Å². The second-order valence-electron chi connectivity index (χ2n) is 8.77. The number of anilines is 1. The predicted molar refractivity (Wildman–Crippen MR) is 139 cm³/mol. The maximum absolute atomic E-state index is 13.4. The van der Waals surface area contributed by atoms with Gasteiger partial charge in [-0.15, -0.1) is 0 Å². The summed E-state index contributed by atoms with van der Waals surface area (Å²) >= 11 is 6.65. The maximum Gasteiger partial charge on any atom is 0.280 e. The van der Waals surface area contributed by atoms with Crippen LogP contribution in [0.25, 0.3) is 0 Å². The van der Waals surface area contributed by atoms with E-state index < -0.39 is 21.7 Å². The summed E-state index contributed by atoms with van der Waals surface area (Å²) in [6, 6.07) is 6.34. The van der Waals surface area contributed by atoms with Crippen LogP contribution in [0.2, 0.25) is 5.02 Å². The number of benzene rings is 2. The molecule has 0 unspecified atom stereocenters. The molecule has 1 amide bonds. The molecule has 1 fully saturated rings. The lowest BCUT2D eigenvalue weighted by Gasteiger charge is -2.31. The second-order valence-corrected chi connectivity index (χ2v) is 11.1. The van der Waals surface area contributed by atoms with Gasteiger partial charge in [0.2, 0.25) is 0 Å². The van der Waals surface area contributed by atoms with Gasteiger partial charge in [-0.25, -0.2) is 8.42 Å². The molecule has 2 aliphatic heterocycles. The minimum absolute atomic E-state index is 0.0461. The molecule has 4 N–H and O–H groups in total. The van der Waals surface area contributed by atoms with Crippen LogP contribution in [0, 0.1) is 6.92 Å². The van der Waals surface area contributed by atoms with Gasteiger partial charge < -0.3 is 25.8 Å². The first-order valence-electron chi connectivity index (χ1n) is 11.7. The summed E-state index contributed by atoms with van der Waals surface area (Å²) in [5, 5.41) is 0.315. The topological polar surface area (TPSA) is 141 Å². The van der Waals surface area contributed by atoms with Crippen LogP contribution in [0.1, 0.15) is 28.4 Å². The third-order valence-electron chi connectivity index (χ3n) is 6.24. The molecular weight excluding hydrogens is 506 g/mol. The van der Waals surface area contributed by atoms with Gasteiger partial charge in [-0.05, 0) is 43.7 Å². The molecule has 1 saturated heterocycles. The highest BCUT2D eigenvalue weighted by Crippen LogP contribution is 2.45. The molecule has 0 radical (unpaired) electrons. The number of aliphatic imine (C=N–C) groups is 1. The Balaban J connectivity index is 1.68. The van der Waals surface area contributed by atoms with E-state index >= 15 is 0 Å². The van der Waals surface area contributed by atoms with E-state index in [-0.39, 0.29) is 22.0 Å². The van der Waals surface area contributed by atoms with Crippen molar-refractivity contribution in [3.05, 3.63) is 46.0 Å². The van der Waals surface area contributed by atoms with E-state index in [4.69, 9.17) is 32.5 Å². The monoisotopic (exact) mass is 535 g/mol. The number of ether oxygens (including phenoxy) is 2. The first kappa shape index (κ1) is 26.2. The summed E-state index contributed by atoms with van der Waals surface area (Å²) in [5.74, 6) is -1.06. The zero-order chi connectivity index (χ0) is 26.0. The summed E-state index contributed by atoms with van der Waals surface area (Å²) in [7, 11) is -3.88. The summed E-state index contributed by atoms with van der Waals surface area (Å²) in [6.07, 6.45) is 0. The number of likely N-dealkylation sites (N-methyl/N-ethyl adjacent to an activating group) is 1. The Morgan fingerprint density at radius 2 is 1.89 bits per heavy atom. The molecule has 2 aromatic rings. The Morgan fingerprint density at radius 3 is 2.56 bits per heavy atom. The van der Waals surface area contributed by atoms with Crippen LogP contribution < -0.4 is 21.1 Å². The number of aryl methyl sites for hydroxylation is 1. The average molecular weight is 536 g/mol. The van der Waals surface area contributed by atoms with E-state index in [0.717, 1.165) is 51.6 Å². The van der Waals surface area contributed by atoms with Gasteiger partial charge in [0.1, 0.15) is 16.4 Å². The molecule has 0 spiro atoms. The lowest BCUT2D eigenvalue weighted by molar-refractivity contribution is 0.0392. The quantitative estimate of drug-likeness (QED) is 0.421. The first-order chi connectivity index (χ1) is 17.1. The van der Waals surface area contributed by atoms with Gasteiger partial charge in [0.25, 0.3) is 5.91 Å². The Kier molecular flexibility index (Phi) is 7.74. The standard InChI is InChI=1S/C24H30ClN5O5S/c1-3-30(5-4-29-6-8-34-9-7-29)18-11-17-14-36(32,33)20-12-16(23(31)28-24(26)27)10-15(2)21(20)35-22(17)19(25)13-18/h10-13H,3-9,14H2,1-2H3,(H4,26,27,28,31). The van der Waals surface area contributed by atoms with E-state index in [2.05, 4.69) is 14.8 Å². The van der Waals surface area contributed by atoms with Crippen molar-refractivity contribution in [3.8, 4) is 11.5 Å². The summed E-state index contributed by atoms with van der Waals surface area (Å²) in [4.78, 5) is 20.3. The average Bonchev–Trinajstić information content (AvgIpc) is 2.93. The Hall–Kier alpha value is -2.86. The van der Waals surface area contributed by atoms with Crippen LogP contribution in [0.5, 0.6) is 11.5 Å². The number of nitrogens with two attached hydrogens (primary N) is 2. The van der Waals surface area contributed by atoms with Crippen molar-refractivity contribution in [2.45, 2.75) is 24.5 Å². The lowest BCUT2D eigenvalue weighted by atomic mass is 10.1. The number of guanidine groups is 1. The molecule has 194 valence electrons. The lowest BCUT2D eigenvalue weighted by Crippen LogP contribution is -2.41. The van der Waals surface area contributed by atoms with Gasteiger partial charge in [0, 0.05) is 49.5 Å². The second kappa shape index (κ2) is 10.6. The van der Waals surface area contributed by atoms with E-state index in [1.165, 1.54) is 12.1 Å². The fourth-order valence-electron chi connectivity index (χ4n) is 4.39. The first-order valence-corrected chi connectivity index (χ1v) is 13.7. The maximum atomic E-state index is 13.4. The molecule has 12 heteroatoms. The number of carbonyl (C=O) groups is 1. The van der Waals surface area contributed by atoms with Gasteiger partial charge in [-0.3, -0.25) is 9.69 Å². The van der Waals surface area contributed by atoms with Crippen molar-refractivity contribution in [1.29, 1.82) is 0 Å². The van der Waals surface area contributed by atoms with E-state index in [9.17, 15) is 13.2 Å². The smallest absolute Gasteiger partial charge is 0.280 e. The number of morpholine rings is 1. The zero-order valence-electron chi connectivity index (χ0n) is 20.3. The fraction of sp³-hybridized carbons (Fsp3) is 0.417. The van der Waals surface area contributed by atoms with Crippen LogP contribution in [0.4, 0.5) is 5.69 Å². The summed E-state index contributed by atoms with van der Waals surface area (Å²) in [5.41, 5.74) is 12.4. The normalized spacial score (nSPS) is 16.8. The number of halogens is 1. The zero-order valence-corrected chi connectivity index (χ0v) is 21.9. The van der Waals surface area contributed by atoms with Gasteiger partial charge in [-0.1, -0.05) is 11.6 Å². The largest absolute Gasteiger partial charge is 0.454 e. The summed E-state index contributed by atoms with van der Waals surface area (Å²) < 4.78 is 38.4. The van der Waals surface area contributed by atoms with Crippen molar-refractivity contribution in [2.24, 2.45) is 16.5 Å². The van der Waals surface area contributed by atoms with Crippen molar-refractivity contribution >= 4 is 39.0 Å². The van der Waals surface area contributed by atoms with Gasteiger partial charge in [-0.2, -0.15) is 4.99 Å². The molecule has 2 aromatic carbocycles. The number of amides is 1. The molecule has 0 bridgehead atoms. The van der Waals surface area contributed by atoms with Crippen molar-refractivity contribution < 1.29 is 22.7 Å². The Bertz CT molecular complexity index is 1300.